The Labute approximate surface area is 169 Å². The molecular weight excluding hydrogens is 445 g/mol. The Kier molecular flexibility index (Phi) is 7.70. The molecule has 3 aromatic heterocycles. The van der Waals surface area contributed by atoms with Gasteiger partial charge in [-0.25, -0.2) is 4.98 Å². The number of hydrogen-bond donors (Lipinski definition) is 2. The van der Waals surface area contributed by atoms with Gasteiger partial charge in [0.2, 0.25) is 0 Å². The number of nitrogens with one attached hydrogen (secondary N) is 2. The molecule has 0 spiro atoms. The molecule has 1 atom stereocenters. The van der Waals surface area contributed by atoms with Gasteiger partial charge in [-0.05, 0) is 40.4 Å². The van der Waals surface area contributed by atoms with Gasteiger partial charge in [-0.3, -0.25) is 4.99 Å². The summed E-state index contributed by atoms with van der Waals surface area (Å²) in [5, 5.41) is 11.1. The van der Waals surface area contributed by atoms with Crippen molar-refractivity contribution < 1.29 is 0 Å². The van der Waals surface area contributed by atoms with Crippen molar-refractivity contribution in [1.29, 1.82) is 0 Å². The van der Waals surface area contributed by atoms with Gasteiger partial charge in [0.05, 0.1) is 5.69 Å². The summed E-state index contributed by atoms with van der Waals surface area (Å²) in [6.45, 7) is 3.89. The van der Waals surface area contributed by atoms with Gasteiger partial charge in [-0.1, -0.05) is 13.0 Å². The molecule has 0 aliphatic heterocycles. The van der Waals surface area contributed by atoms with E-state index < -0.39 is 0 Å². The van der Waals surface area contributed by atoms with Crippen LogP contribution in [-0.2, 0) is 6.42 Å². The molecule has 0 bridgehead atoms. The Balaban J connectivity index is 0.00000225. The van der Waals surface area contributed by atoms with E-state index in [1.165, 1.54) is 5.56 Å². The number of nitrogens with zero attached hydrogens (tertiary/aromatic N) is 3. The van der Waals surface area contributed by atoms with Crippen LogP contribution in [-0.4, -0.2) is 35.5 Å². The topological polar surface area (TPSA) is 53.7 Å². The molecule has 7 heteroatoms. The van der Waals surface area contributed by atoms with Gasteiger partial charge in [-0.15, -0.1) is 24.0 Å². The van der Waals surface area contributed by atoms with E-state index in [0.717, 1.165) is 36.8 Å². The first-order valence-electron chi connectivity index (χ1n) is 8.15. The number of hydrogen-bond acceptors (Lipinski definition) is 3. The standard InChI is InChI=1S/C18H23N5S.HI/c1-14(15-7-10-24-13-15)11-21-18(19-2)20-8-6-16-12-23-9-4-3-5-17(23)22-16;/h3-5,7,9-10,12-14H,6,8,11H2,1-2H3,(H2,19,20,21);1H. The maximum atomic E-state index is 4.61. The first kappa shape index (κ1) is 19.7. The summed E-state index contributed by atoms with van der Waals surface area (Å²) in [5.41, 5.74) is 3.43. The molecule has 0 aliphatic carbocycles. The second-order valence-electron chi connectivity index (χ2n) is 5.79. The van der Waals surface area contributed by atoms with Crippen molar-refractivity contribution in [1.82, 2.24) is 20.0 Å². The highest BCUT2D eigenvalue weighted by atomic mass is 127. The van der Waals surface area contributed by atoms with Gasteiger partial charge in [0, 0.05) is 39.0 Å². The highest BCUT2D eigenvalue weighted by molar-refractivity contribution is 14.0. The molecule has 0 saturated carbocycles. The number of thiophene rings is 1. The van der Waals surface area contributed by atoms with Crippen LogP contribution < -0.4 is 10.6 Å². The van der Waals surface area contributed by atoms with Crippen molar-refractivity contribution in [3.8, 4) is 0 Å². The fraction of sp³-hybridized carbons (Fsp3) is 0.333. The molecule has 25 heavy (non-hydrogen) atoms. The predicted molar refractivity (Wildman–Crippen MR) is 116 cm³/mol. The van der Waals surface area contributed by atoms with Crippen LogP contribution in [0.4, 0.5) is 0 Å². The van der Waals surface area contributed by atoms with Gasteiger partial charge in [0.25, 0.3) is 0 Å². The van der Waals surface area contributed by atoms with E-state index in [-0.39, 0.29) is 24.0 Å². The van der Waals surface area contributed by atoms with Crippen LogP contribution in [0.15, 0.2) is 52.4 Å². The van der Waals surface area contributed by atoms with E-state index in [9.17, 15) is 0 Å². The summed E-state index contributed by atoms with van der Waals surface area (Å²) >= 11 is 1.74. The third-order valence-corrected chi connectivity index (χ3v) is 4.70. The molecule has 0 radical (unpaired) electrons. The Morgan fingerprint density at radius 3 is 2.92 bits per heavy atom. The van der Waals surface area contributed by atoms with Crippen LogP contribution in [0.25, 0.3) is 5.65 Å². The number of halogens is 1. The summed E-state index contributed by atoms with van der Waals surface area (Å²) < 4.78 is 2.05. The summed E-state index contributed by atoms with van der Waals surface area (Å²) in [7, 11) is 1.80. The van der Waals surface area contributed by atoms with Crippen molar-refractivity contribution in [3.05, 3.63) is 58.7 Å². The second kappa shape index (κ2) is 9.76. The van der Waals surface area contributed by atoms with E-state index in [1.807, 2.05) is 28.8 Å². The van der Waals surface area contributed by atoms with Crippen molar-refractivity contribution in [2.24, 2.45) is 4.99 Å². The minimum Gasteiger partial charge on any atom is -0.356 e. The van der Waals surface area contributed by atoms with Gasteiger partial charge in [0.1, 0.15) is 5.65 Å². The number of pyridine rings is 1. The molecular formula is C18H24IN5S. The molecule has 0 fully saturated rings. The number of aliphatic imine (C=N–C) groups is 1. The normalized spacial score (nSPS) is 12.6. The van der Waals surface area contributed by atoms with E-state index in [2.05, 4.69) is 50.6 Å². The lowest BCUT2D eigenvalue weighted by Gasteiger charge is -2.15. The minimum atomic E-state index is 0. The Bertz CT molecular complexity index is 764. The van der Waals surface area contributed by atoms with Gasteiger partial charge in [-0.2, -0.15) is 11.3 Å². The van der Waals surface area contributed by atoms with Crippen LogP contribution in [0, 0.1) is 0 Å². The molecule has 3 rings (SSSR count). The Morgan fingerprint density at radius 2 is 2.20 bits per heavy atom. The number of rotatable bonds is 6. The summed E-state index contributed by atoms with van der Waals surface area (Å²) in [4.78, 5) is 8.89. The van der Waals surface area contributed by atoms with Crippen molar-refractivity contribution in [3.63, 3.8) is 0 Å². The second-order valence-corrected chi connectivity index (χ2v) is 6.57. The van der Waals surface area contributed by atoms with Crippen LogP contribution in [0.1, 0.15) is 24.1 Å². The highest BCUT2D eigenvalue weighted by Gasteiger charge is 2.07. The molecule has 3 aromatic rings. The molecule has 5 nitrogen and oxygen atoms in total. The van der Waals surface area contributed by atoms with Crippen molar-refractivity contribution >= 4 is 46.9 Å². The van der Waals surface area contributed by atoms with Crippen LogP contribution in [0.3, 0.4) is 0 Å². The zero-order valence-corrected chi connectivity index (χ0v) is 17.6. The summed E-state index contributed by atoms with van der Waals surface area (Å²) in [6.07, 6.45) is 4.96. The average Bonchev–Trinajstić information content (AvgIpc) is 3.26. The number of fused-ring (bicyclic) bond motifs is 1. The number of aromatic nitrogens is 2. The minimum absolute atomic E-state index is 0. The zero-order chi connectivity index (χ0) is 16.8. The van der Waals surface area contributed by atoms with Crippen molar-refractivity contribution in [2.75, 3.05) is 20.1 Å². The largest absolute Gasteiger partial charge is 0.356 e. The molecule has 2 N–H and O–H groups in total. The zero-order valence-electron chi connectivity index (χ0n) is 14.5. The highest BCUT2D eigenvalue weighted by Crippen LogP contribution is 2.16. The quantitative estimate of drug-likeness (QED) is 0.330. The first-order chi connectivity index (χ1) is 11.8. The maximum Gasteiger partial charge on any atom is 0.191 e. The molecule has 134 valence electrons. The van der Waals surface area contributed by atoms with Crippen LogP contribution >= 0.6 is 35.3 Å². The fourth-order valence-corrected chi connectivity index (χ4v) is 3.34. The molecule has 0 aromatic carbocycles. The summed E-state index contributed by atoms with van der Waals surface area (Å²) in [6, 6.07) is 8.21. The third kappa shape index (κ3) is 5.43. The molecule has 3 heterocycles. The molecule has 0 aliphatic rings. The number of guanidine groups is 1. The van der Waals surface area contributed by atoms with Gasteiger partial charge >= 0.3 is 0 Å². The average molecular weight is 469 g/mol. The van der Waals surface area contributed by atoms with E-state index >= 15 is 0 Å². The summed E-state index contributed by atoms with van der Waals surface area (Å²) in [5.74, 6) is 1.30. The van der Waals surface area contributed by atoms with Gasteiger partial charge < -0.3 is 15.0 Å². The number of imidazole rings is 1. The van der Waals surface area contributed by atoms with E-state index in [1.54, 1.807) is 18.4 Å². The first-order valence-corrected chi connectivity index (χ1v) is 9.10. The smallest absolute Gasteiger partial charge is 0.191 e. The predicted octanol–water partition coefficient (Wildman–Crippen LogP) is 3.53. The molecule has 1 unspecified atom stereocenters. The maximum absolute atomic E-state index is 4.61. The van der Waals surface area contributed by atoms with E-state index in [4.69, 9.17) is 0 Å². The monoisotopic (exact) mass is 469 g/mol. The van der Waals surface area contributed by atoms with Crippen molar-refractivity contribution in [2.45, 2.75) is 19.3 Å². The lowest BCUT2D eigenvalue weighted by atomic mass is 10.1. The molecule has 0 amide bonds. The fourth-order valence-electron chi connectivity index (χ4n) is 2.56. The van der Waals surface area contributed by atoms with Crippen LogP contribution in [0.2, 0.25) is 0 Å². The lowest BCUT2D eigenvalue weighted by molar-refractivity contribution is 0.699. The van der Waals surface area contributed by atoms with E-state index in [0.29, 0.717) is 5.92 Å². The SMILES string of the molecule is CN=C(NCCc1cn2ccccc2n1)NCC(C)c1ccsc1.I. The molecule has 0 saturated heterocycles. The van der Waals surface area contributed by atoms with Crippen LogP contribution in [0.5, 0.6) is 0 Å². The van der Waals surface area contributed by atoms with Gasteiger partial charge in [0.15, 0.2) is 5.96 Å². The lowest BCUT2D eigenvalue weighted by Crippen LogP contribution is -2.39. The Morgan fingerprint density at radius 1 is 1.32 bits per heavy atom. The Hall–Kier alpha value is -1.61. The third-order valence-electron chi connectivity index (χ3n) is 4.00.